The van der Waals surface area contributed by atoms with Gasteiger partial charge in [0.05, 0.1) is 17.5 Å². The van der Waals surface area contributed by atoms with E-state index in [1.807, 2.05) is 6.92 Å². The Bertz CT molecular complexity index is 761. The van der Waals surface area contributed by atoms with Crippen molar-refractivity contribution >= 4 is 23.7 Å². The van der Waals surface area contributed by atoms with Crippen LogP contribution in [0.2, 0.25) is 5.15 Å². The van der Waals surface area contributed by atoms with E-state index in [1.165, 1.54) is 18.3 Å². The quantitative estimate of drug-likeness (QED) is 0.575. The number of halogens is 2. The fourth-order valence-electron chi connectivity index (χ4n) is 2.08. The Kier molecular flexibility index (Phi) is 6.94. The molecule has 1 amide bonds. The van der Waals surface area contributed by atoms with Crippen molar-refractivity contribution in [1.82, 2.24) is 15.2 Å². The molecule has 0 bridgehead atoms. The van der Waals surface area contributed by atoms with Gasteiger partial charge in [-0.05, 0) is 25.5 Å². The minimum atomic E-state index is -0.527. The van der Waals surface area contributed by atoms with Gasteiger partial charge < -0.3 is 4.74 Å². The highest BCUT2D eigenvalue weighted by atomic mass is 35.5. The van der Waals surface area contributed by atoms with Crippen LogP contribution in [0, 0.1) is 12.7 Å². The van der Waals surface area contributed by atoms with Crippen LogP contribution in [0.1, 0.15) is 31.0 Å². The van der Waals surface area contributed by atoms with Crippen molar-refractivity contribution in [2.45, 2.75) is 33.2 Å². The number of amides is 1. The van der Waals surface area contributed by atoms with Gasteiger partial charge in [-0.1, -0.05) is 37.1 Å². The van der Waals surface area contributed by atoms with Gasteiger partial charge in [0.1, 0.15) is 5.15 Å². The lowest BCUT2D eigenvalue weighted by molar-refractivity contribution is -0.123. The molecule has 0 aliphatic rings. The second kappa shape index (κ2) is 9.17. The summed E-state index contributed by atoms with van der Waals surface area (Å²) in [5, 5.41) is 8.68. The van der Waals surface area contributed by atoms with Crippen LogP contribution >= 0.6 is 11.6 Å². The van der Waals surface area contributed by atoms with Gasteiger partial charge in [-0.25, -0.2) is 9.82 Å². The van der Waals surface area contributed by atoms with E-state index in [-0.39, 0.29) is 12.4 Å². The van der Waals surface area contributed by atoms with Crippen LogP contribution in [0.5, 0.6) is 5.75 Å². The Labute approximate surface area is 150 Å². The van der Waals surface area contributed by atoms with Crippen LogP contribution in [0.25, 0.3) is 0 Å². The van der Waals surface area contributed by atoms with Crippen LogP contribution in [0.15, 0.2) is 29.4 Å². The molecular formula is C17H20ClFN4O2. The first kappa shape index (κ1) is 18.9. The molecule has 134 valence electrons. The number of hydrazone groups is 1. The van der Waals surface area contributed by atoms with Crippen molar-refractivity contribution in [3.8, 4) is 5.75 Å². The van der Waals surface area contributed by atoms with Gasteiger partial charge in [0.25, 0.3) is 5.91 Å². The summed E-state index contributed by atoms with van der Waals surface area (Å²) in [6, 6.07) is 5.86. The summed E-state index contributed by atoms with van der Waals surface area (Å²) >= 11 is 6.27. The number of carbonyl (C=O) groups is 1. The van der Waals surface area contributed by atoms with E-state index >= 15 is 0 Å². The minimum Gasteiger partial charge on any atom is -0.481 e. The van der Waals surface area contributed by atoms with Gasteiger partial charge in [-0.15, -0.1) is 0 Å². The molecule has 0 aliphatic heterocycles. The van der Waals surface area contributed by atoms with Gasteiger partial charge >= 0.3 is 0 Å². The first-order valence-electron chi connectivity index (χ1n) is 7.95. The summed E-state index contributed by atoms with van der Waals surface area (Å²) in [5.74, 6) is -1.02. The lowest BCUT2D eigenvalue weighted by Crippen LogP contribution is -2.24. The van der Waals surface area contributed by atoms with E-state index in [9.17, 15) is 9.18 Å². The van der Waals surface area contributed by atoms with E-state index in [1.54, 1.807) is 16.8 Å². The summed E-state index contributed by atoms with van der Waals surface area (Å²) in [5.41, 5.74) is 3.69. The highest BCUT2D eigenvalue weighted by Gasteiger charge is 2.11. The average molecular weight is 367 g/mol. The molecule has 6 nitrogen and oxygen atoms in total. The number of aryl methyl sites for hydroxylation is 2. The SMILES string of the molecule is CCCCn1nc(C)c(/C=N\NC(=O)COc2ccccc2F)c1Cl. The second-order valence-electron chi connectivity index (χ2n) is 5.38. The molecule has 1 N–H and O–H groups in total. The molecule has 25 heavy (non-hydrogen) atoms. The molecule has 0 unspecified atom stereocenters. The number of ether oxygens (including phenoxy) is 1. The Morgan fingerprint density at radius 1 is 1.48 bits per heavy atom. The number of aromatic nitrogens is 2. The molecule has 0 aliphatic carbocycles. The highest BCUT2D eigenvalue weighted by molar-refractivity contribution is 6.32. The number of benzene rings is 1. The first-order valence-corrected chi connectivity index (χ1v) is 8.32. The van der Waals surface area contributed by atoms with Crippen LogP contribution in [0.4, 0.5) is 4.39 Å². The Morgan fingerprint density at radius 2 is 2.24 bits per heavy atom. The smallest absolute Gasteiger partial charge is 0.277 e. The summed E-state index contributed by atoms with van der Waals surface area (Å²) in [6.07, 6.45) is 3.45. The van der Waals surface area contributed by atoms with Crippen molar-refractivity contribution < 1.29 is 13.9 Å². The van der Waals surface area contributed by atoms with Crippen LogP contribution in [-0.4, -0.2) is 28.5 Å². The maximum atomic E-state index is 13.4. The van der Waals surface area contributed by atoms with Crippen molar-refractivity contribution in [3.05, 3.63) is 46.5 Å². The number of nitrogens with one attached hydrogen (secondary N) is 1. The zero-order chi connectivity index (χ0) is 18.2. The molecule has 0 radical (unpaired) electrons. The fraction of sp³-hybridized carbons (Fsp3) is 0.353. The average Bonchev–Trinajstić information content (AvgIpc) is 2.86. The Balaban J connectivity index is 1.89. The normalized spacial score (nSPS) is 11.0. The summed E-state index contributed by atoms with van der Waals surface area (Å²) in [6.45, 7) is 4.29. The Morgan fingerprint density at radius 3 is 2.96 bits per heavy atom. The molecule has 1 aromatic heterocycles. The summed E-state index contributed by atoms with van der Waals surface area (Å²) < 4.78 is 20.2. The zero-order valence-electron chi connectivity index (χ0n) is 14.1. The van der Waals surface area contributed by atoms with E-state index in [0.717, 1.165) is 25.1 Å². The number of nitrogens with zero attached hydrogens (tertiary/aromatic N) is 3. The maximum absolute atomic E-state index is 13.4. The topological polar surface area (TPSA) is 68.5 Å². The lowest BCUT2D eigenvalue weighted by Gasteiger charge is -2.05. The van der Waals surface area contributed by atoms with Gasteiger partial charge in [0.2, 0.25) is 0 Å². The van der Waals surface area contributed by atoms with Crippen molar-refractivity contribution in [2.75, 3.05) is 6.61 Å². The molecule has 8 heteroatoms. The van der Waals surface area contributed by atoms with Crippen molar-refractivity contribution in [3.63, 3.8) is 0 Å². The molecule has 0 saturated carbocycles. The number of carbonyl (C=O) groups excluding carboxylic acids is 1. The standard InChI is InChI=1S/C17H20ClFN4O2/c1-3-4-9-23-17(18)13(12(2)22-23)10-20-21-16(24)11-25-15-8-6-5-7-14(15)19/h5-8,10H,3-4,9,11H2,1-2H3,(H,21,24)/b20-10-. The molecular weight excluding hydrogens is 347 g/mol. The predicted molar refractivity (Wildman–Crippen MR) is 94.5 cm³/mol. The molecule has 1 aromatic carbocycles. The third-order valence-electron chi connectivity index (χ3n) is 3.41. The molecule has 0 fully saturated rings. The third-order valence-corrected chi connectivity index (χ3v) is 3.81. The van der Waals surface area contributed by atoms with Gasteiger partial charge in [-0.3, -0.25) is 9.48 Å². The molecule has 2 aromatic rings. The summed E-state index contributed by atoms with van der Waals surface area (Å²) in [4.78, 5) is 11.7. The third kappa shape index (κ3) is 5.29. The molecule has 1 heterocycles. The van der Waals surface area contributed by atoms with Crippen LogP contribution < -0.4 is 10.2 Å². The van der Waals surface area contributed by atoms with Crippen molar-refractivity contribution in [2.24, 2.45) is 5.10 Å². The molecule has 0 saturated heterocycles. The fourth-order valence-corrected chi connectivity index (χ4v) is 2.38. The maximum Gasteiger partial charge on any atom is 0.277 e. The Hall–Kier alpha value is -2.41. The van der Waals surface area contributed by atoms with Crippen molar-refractivity contribution in [1.29, 1.82) is 0 Å². The lowest BCUT2D eigenvalue weighted by atomic mass is 10.3. The van der Waals surface area contributed by atoms with E-state index in [0.29, 0.717) is 10.7 Å². The minimum absolute atomic E-state index is 0.0118. The van der Waals surface area contributed by atoms with E-state index < -0.39 is 11.7 Å². The second-order valence-corrected chi connectivity index (χ2v) is 5.74. The predicted octanol–water partition coefficient (Wildman–Crippen LogP) is 3.31. The largest absolute Gasteiger partial charge is 0.481 e. The molecule has 2 rings (SSSR count). The molecule has 0 atom stereocenters. The highest BCUT2D eigenvalue weighted by Crippen LogP contribution is 2.18. The number of rotatable bonds is 8. The number of para-hydroxylation sites is 1. The van der Waals surface area contributed by atoms with E-state index in [2.05, 4.69) is 22.5 Å². The van der Waals surface area contributed by atoms with E-state index in [4.69, 9.17) is 16.3 Å². The number of unbranched alkanes of at least 4 members (excludes halogenated alkanes) is 1. The van der Waals surface area contributed by atoms with Crippen LogP contribution in [-0.2, 0) is 11.3 Å². The number of hydrogen-bond acceptors (Lipinski definition) is 4. The molecule has 0 spiro atoms. The van der Waals surface area contributed by atoms with Gasteiger partial charge in [-0.2, -0.15) is 10.2 Å². The van der Waals surface area contributed by atoms with Gasteiger partial charge in [0.15, 0.2) is 18.2 Å². The monoisotopic (exact) mass is 366 g/mol. The van der Waals surface area contributed by atoms with Crippen LogP contribution in [0.3, 0.4) is 0 Å². The number of hydrogen-bond donors (Lipinski definition) is 1. The summed E-state index contributed by atoms with van der Waals surface area (Å²) in [7, 11) is 0. The first-order chi connectivity index (χ1) is 12.0. The van der Waals surface area contributed by atoms with Gasteiger partial charge in [0, 0.05) is 6.54 Å². The zero-order valence-corrected chi connectivity index (χ0v) is 14.9.